The van der Waals surface area contributed by atoms with Crippen molar-refractivity contribution in [1.29, 1.82) is 0 Å². The number of anilines is 1. The van der Waals surface area contributed by atoms with Gasteiger partial charge in [-0.25, -0.2) is 4.68 Å². The fraction of sp³-hybridized carbons (Fsp3) is 0.400. The van der Waals surface area contributed by atoms with Gasteiger partial charge in [0, 0.05) is 4.88 Å². The second-order valence-corrected chi connectivity index (χ2v) is 4.44. The van der Waals surface area contributed by atoms with Crippen LogP contribution < -0.4 is 5.73 Å². The van der Waals surface area contributed by atoms with E-state index in [1.807, 2.05) is 10.7 Å². The van der Waals surface area contributed by atoms with Crippen LogP contribution in [0, 0.1) is 0 Å². The van der Waals surface area contributed by atoms with Crippen molar-refractivity contribution in [3.63, 3.8) is 0 Å². The van der Waals surface area contributed by atoms with Crippen LogP contribution in [0.4, 0.5) is 5.82 Å². The zero-order valence-electron chi connectivity index (χ0n) is 8.68. The van der Waals surface area contributed by atoms with Crippen molar-refractivity contribution in [3.05, 3.63) is 28.1 Å². The van der Waals surface area contributed by atoms with E-state index in [4.69, 9.17) is 5.73 Å². The summed E-state index contributed by atoms with van der Waals surface area (Å²) in [6, 6.07) is 4.14. The van der Waals surface area contributed by atoms with Crippen LogP contribution in [0.1, 0.15) is 23.9 Å². The molecule has 2 heterocycles. The molecule has 80 valence electrons. The molecular weight excluding hydrogens is 208 g/mol. The van der Waals surface area contributed by atoms with Gasteiger partial charge in [0.2, 0.25) is 0 Å². The number of thiophene rings is 1. The Kier molecular flexibility index (Phi) is 3.01. The van der Waals surface area contributed by atoms with Crippen LogP contribution in [0.5, 0.6) is 0 Å². The lowest BCUT2D eigenvalue weighted by Gasteiger charge is -2.03. The molecule has 0 aliphatic carbocycles. The van der Waals surface area contributed by atoms with Crippen molar-refractivity contribution in [2.24, 2.45) is 0 Å². The predicted octanol–water partition coefficient (Wildman–Crippen LogP) is 1.92. The smallest absolute Gasteiger partial charge is 0.169 e. The Balaban J connectivity index is 2.21. The Morgan fingerprint density at radius 2 is 2.40 bits per heavy atom. The number of nitrogens with zero attached hydrogens (tertiary/aromatic N) is 3. The van der Waals surface area contributed by atoms with Gasteiger partial charge in [-0.05, 0) is 17.9 Å². The highest BCUT2D eigenvalue weighted by Gasteiger charge is 2.09. The van der Waals surface area contributed by atoms with Gasteiger partial charge in [0.15, 0.2) is 5.82 Å². The molecule has 0 radical (unpaired) electrons. The summed E-state index contributed by atoms with van der Waals surface area (Å²) < 4.78 is 1.89. The number of rotatable bonds is 4. The molecule has 0 saturated heterocycles. The van der Waals surface area contributed by atoms with E-state index < -0.39 is 0 Å². The van der Waals surface area contributed by atoms with Crippen molar-refractivity contribution in [2.75, 3.05) is 5.73 Å². The van der Waals surface area contributed by atoms with Gasteiger partial charge in [-0.1, -0.05) is 24.6 Å². The lowest BCUT2D eigenvalue weighted by Crippen LogP contribution is -2.06. The van der Waals surface area contributed by atoms with Gasteiger partial charge >= 0.3 is 0 Å². The molecule has 4 nitrogen and oxygen atoms in total. The molecule has 2 N–H and O–H groups in total. The average Bonchev–Trinajstić information content (AvgIpc) is 2.83. The molecular formula is C10H14N4S. The molecule has 0 fully saturated rings. The Bertz CT molecular complexity index is 419. The van der Waals surface area contributed by atoms with Crippen LogP contribution >= 0.6 is 11.3 Å². The van der Waals surface area contributed by atoms with Crippen LogP contribution in [0.2, 0.25) is 0 Å². The van der Waals surface area contributed by atoms with Crippen LogP contribution in [0.15, 0.2) is 17.5 Å². The first-order valence-corrected chi connectivity index (χ1v) is 5.89. The van der Waals surface area contributed by atoms with Crippen molar-refractivity contribution < 1.29 is 0 Å². The van der Waals surface area contributed by atoms with E-state index >= 15 is 0 Å². The molecule has 2 aromatic heterocycles. The van der Waals surface area contributed by atoms with Gasteiger partial charge in [0.1, 0.15) is 0 Å². The molecule has 2 rings (SSSR count). The van der Waals surface area contributed by atoms with Crippen LogP contribution in [-0.2, 0) is 13.0 Å². The summed E-state index contributed by atoms with van der Waals surface area (Å²) in [7, 11) is 0. The molecule has 0 bridgehead atoms. The summed E-state index contributed by atoms with van der Waals surface area (Å²) in [5.74, 6) is 0.563. The lowest BCUT2D eigenvalue weighted by molar-refractivity contribution is 0.619. The van der Waals surface area contributed by atoms with Gasteiger partial charge in [-0.3, -0.25) is 0 Å². The second-order valence-electron chi connectivity index (χ2n) is 3.41. The second kappa shape index (κ2) is 4.44. The summed E-state index contributed by atoms with van der Waals surface area (Å²) in [5, 5.41) is 10.0. The molecule has 0 spiro atoms. The zero-order valence-corrected chi connectivity index (χ0v) is 9.50. The maximum absolute atomic E-state index is 5.77. The van der Waals surface area contributed by atoms with E-state index in [1.54, 1.807) is 11.3 Å². The first-order chi connectivity index (χ1) is 7.31. The fourth-order valence-corrected chi connectivity index (χ4v) is 2.20. The van der Waals surface area contributed by atoms with Gasteiger partial charge in [-0.2, -0.15) is 0 Å². The average molecular weight is 222 g/mol. The SMILES string of the molecule is CCCc1c(N)nnn1Cc1cccs1. The zero-order chi connectivity index (χ0) is 10.7. The van der Waals surface area contributed by atoms with Crippen molar-refractivity contribution in [2.45, 2.75) is 26.3 Å². The lowest BCUT2D eigenvalue weighted by atomic mass is 10.2. The molecule has 0 aliphatic heterocycles. The standard InChI is InChI=1S/C10H14N4S/c1-2-4-9-10(11)12-13-14(9)7-8-5-3-6-15-8/h3,5-6H,2,4,7,11H2,1H3. The molecule has 2 aromatic rings. The number of hydrogen-bond acceptors (Lipinski definition) is 4. The minimum atomic E-state index is 0.563. The molecule has 0 atom stereocenters. The van der Waals surface area contributed by atoms with Gasteiger partial charge < -0.3 is 5.73 Å². The summed E-state index contributed by atoms with van der Waals surface area (Å²) in [6.07, 6.45) is 1.99. The van der Waals surface area contributed by atoms with Crippen LogP contribution in [-0.4, -0.2) is 15.0 Å². The minimum absolute atomic E-state index is 0.563. The van der Waals surface area contributed by atoms with Crippen molar-refractivity contribution in [3.8, 4) is 0 Å². The van der Waals surface area contributed by atoms with E-state index in [9.17, 15) is 0 Å². The predicted molar refractivity (Wildman–Crippen MR) is 61.9 cm³/mol. The number of hydrogen-bond donors (Lipinski definition) is 1. The van der Waals surface area contributed by atoms with Gasteiger partial charge in [0.25, 0.3) is 0 Å². The highest BCUT2D eigenvalue weighted by molar-refractivity contribution is 7.09. The highest BCUT2D eigenvalue weighted by Crippen LogP contribution is 2.15. The fourth-order valence-electron chi connectivity index (χ4n) is 1.52. The van der Waals surface area contributed by atoms with E-state index in [0.29, 0.717) is 5.82 Å². The third-order valence-corrected chi connectivity index (χ3v) is 3.10. The Hall–Kier alpha value is -1.36. The Morgan fingerprint density at radius 3 is 3.07 bits per heavy atom. The monoisotopic (exact) mass is 222 g/mol. The third-order valence-electron chi connectivity index (χ3n) is 2.24. The molecule has 15 heavy (non-hydrogen) atoms. The quantitative estimate of drug-likeness (QED) is 0.859. The molecule has 5 heteroatoms. The molecule has 0 unspecified atom stereocenters. The maximum atomic E-state index is 5.77. The maximum Gasteiger partial charge on any atom is 0.169 e. The third kappa shape index (κ3) is 2.18. The van der Waals surface area contributed by atoms with Gasteiger partial charge in [0.05, 0.1) is 12.2 Å². The largest absolute Gasteiger partial charge is 0.381 e. The first-order valence-electron chi connectivity index (χ1n) is 5.01. The van der Waals surface area contributed by atoms with E-state index in [0.717, 1.165) is 25.1 Å². The topological polar surface area (TPSA) is 56.7 Å². The summed E-state index contributed by atoms with van der Waals surface area (Å²) in [6.45, 7) is 2.90. The molecule has 0 aliphatic rings. The molecule has 0 saturated carbocycles. The Labute approximate surface area is 92.7 Å². The summed E-state index contributed by atoms with van der Waals surface area (Å²) in [5.41, 5.74) is 6.81. The highest BCUT2D eigenvalue weighted by atomic mass is 32.1. The normalized spacial score (nSPS) is 10.7. The minimum Gasteiger partial charge on any atom is -0.381 e. The van der Waals surface area contributed by atoms with Crippen LogP contribution in [0.25, 0.3) is 0 Å². The summed E-state index contributed by atoms with van der Waals surface area (Å²) >= 11 is 1.72. The van der Waals surface area contributed by atoms with E-state index in [-0.39, 0.29) is 0 Å². The van der Waals surface area contributed by atoms with Crippen molar-refractivity contribution in [1.82, 2.24) is 15.0 Å². The number of nitrogens with two attached hydrogens (primary N) is 1. The van der Waals surface area contributed by atoms with E-state index in [2.05, 4.69) is 28.7 Å². The van der Waals surface area contributed by atoms with Crippen molar-refractivity contribution >= 4 is 17.2 Å². The first kappa shape index (κ1) is 10.2. The number of aromatic nitrogens is 3. The van der Waals surface area contributed by atoms with E-state index in [1.165, 1.54) is 4.88 Å². The molecule has 0 aromatic carbocycles. The number of nitrogen functional groups attached to an aromatic ring is 1. The summed E-state index contributed by atoms with van der Waals surface area (Å²) in [4.78, 5) is 1.28. The molecule has 0 amide bonds. The van der Waals surface area contributed by atoms with Crippen LogP contribution in [0.3, 0.4) is 0 Å². The Morgan fingerprint density at radius 1 is 1.53 bits per heavy atom. The van der Waals surface area contributed by atoms with Gasteiger partial charge in [-0.15, -0.1) is 16.4 Å².